The third kappa shape index (κ3) is 53.4. The number of carbonyl (C=O) groups excluding carboxylic acids is 3. The van der Waals surface area contributed by atoms with Gasteiger partial charge in [-0.1, -0.05) is 241 Å². The molecule has 0 aromatic heterocycles. The molecule has 67 heavy (non-hydrogen) atoms. The minimum atomic E-state index is -0.795. The molecule has 0 rings (SSSR count). The summed E-state index contributed by atoms with van der Waals surface area (Å²) >= 11 is 0. The number of unbranched alkanes of at least 4 members (excludes halogenated alkanes) is 29. The van der Waals surface area contributed by atoms with Gasteiger partial charge in [-0.15, -0.1) is 0 Å². The smallest absolute Gasteiger partial charge is 0.306 e. The fourth-order valence-corrected chi connectivity index (χ4v) is 7.70. The molecule has 0 N–H and O–H groups in total. The zero-order chi connectivity index (χ0) is 48.6. The van der Waals surface area contributed by atoms with Gasteiger partial charge in [0.25, 0.3) is 0 Å². The first-order valence-corrected chi connectivity index (χ1v) is 28.2. The highest BCUT2D eigenvalue weighted by atomic mass is 16.6. The summed E-state index contributed by atoms with van der Waals surface area (Å²) < 4.78 is 16.8. The maximum Gasteiger partial charge on any atom is 0.306 e. The standard InChI is InChI=1S/C61H104O6/c1-4-7-10-13-16-19-22-25-27-29-31-33-34-36-39-42-45-48-51-54-60(63)66-57-58(56-65-59(62)53-50-47-44-41-38-24-21-18-15-12-9-6-3)67-61(64)55-52-49-46-43-40-37-35-32-30-28-26-23-20-17-14-11-8-5-2/h11,14,17-18,20-21,23,26,28-32,35,58H,4-10,12-13,15-16,19,22,24-25,27,33-34,36-57H2,1-3H3/b14-11-,20-17-,21-18-,26-23-,30-28-,31-29-,35-32-. The Hall–Kier alpha value is -3.41. The van der Waals surface area contributed by atoms with Crippen molar-refractivity contribution in [2.24, 2.45) is 0 Å². The fourth-order valence-electron chi connectivity index (χ4n) is 7.70. The van der Waals surface area contributed by atoms with E-state index in [2.05, 4.69) is 81.5 Å². The van der Waals surface area contributed by atoms with Gasteiger partial charge in [-0.05, 0) is 89.9 Å². The van der Waals surface area contributed by atoms with Crippen LogP contribution < -0.4 is 0 Å². The number of hydrogen-bond acceptors (Lipinski definition) is 6. The minimum Gasteiger partial charge on any atom is -0.462 e. The highest BCUT2D eigenvalue weighted by Crippen LogP contribution is 2.15. The molecule has 0 bridgehead atoms. The van der Waals surface area contributed by atoms with Crippen LogP contribution in [-0.2, 0) is 28.6 Å². The summed E-state index contributed by atoms with van der Waals surface area (Å²) in [6.45, 7) is 6.50. The molecular weight excluding hydrogens is 829 g/mol. The Morgan fingerprint density at radius 2 is 0.582 bits per heavy atom. The molecule has 0 amide bonds. The number of hydrogen-bond donors (Lipinski definition) is 0. The van der Waals surface area contributed by atoms with Crippen LogP contribution in [0.1, 0.15) is 265 Å². The Morgan fingerprint density at radius 3 is 0.970 bits per heavy atom. The number of carbonyl (C=O) groups is 3. The van der Waals surface area contributed by atoms with Crippen LogP contribution in [0.4, 0.5) is 0 Å². The van der Waals surface area contributed by atoms with Crippen LogP contribution in [0.2, 0.25) is 0 Å². The molecule has 0 saturated heterocycles. The van der Waals surface area contributed by atoms with Gasteiger partial charge in [0.2, 0.25) is 0 Å². The molecule has 384 valence electrons. The lowest BCUT2D eigenvalue weighted by Gasteiger charge is -2.18. The van der Waals surface area contributed by atoms with E-state index in [4.69, 9.17) is 14.2 Å². The third-order valence-corrected chi connectivity index (χ3v) is 12.0. The van der Waals surface area contributed by atoms with Gasteiger partial charge < -0.3 is 14.2 Å². The first-order chi connectivity index (χ1) is 33.0. The van der Waals surface area contributed by atoms with Crippen molar-refractivity contribution in [1.82, 2.24) is 0 Å². The minimum absolute atomic E-state index is 0.0920. The second-order valence-electron chi connectivity index (χ2n) is 18.6. The fraction of sp³-hybridized carbons (Fsp3) is 0.721. The van der Waals surface area contributed by atoms with Gasteiger partial charge in [0, 0.05) is 19.3 Å². The average Bonchev–Trinajstić information content (AvgIpc) is 3.33. The van der Waals surface area contributed by atoms with Gasteiger partial charge in [-0.3, -0.25) is 14.4 Å². The summed E-state index contributed by atoms with van der Waals surface area (Å²) in [5.41, 5.74) is 0. The summed E-state index contributed by atoms with van der Waals surface area (Å²) in [7, 11) is 0. The summed E-state index contributed by atoms with van der Waals surface area (Å²) in [5, 5.41) is 0. The van der Waals surface area contributed by atoms with Gasteiger partial charge >= 0.3 is 17.9 Å². The van der Waals surface area contributed by atoms with E-state index in [0.29, 0.717) is 19.3 Å². The van der Waals surface area contributed by atoms with E-state index in [1.165, 1.54) is 135 Å². The van der Waals surface area contributed by atoms with Crippen molar-refractivity contribution >= 4 is 17.9 Å². The zero-order valence-corrected chi connectivity index (χ0v) is 43.9. The quantitative estimate of drug-likeness (QED) is 0.0199. The summed E-state index contributed by atoms with van der Waals surface area (Å²) in [6.07, 6.45) is 71.3. The molecule has 0 aromatic carbocycles. The largest absolute Gasteiger partial charge is 0.462 e. The molecule has 0 radical (unpaired) electrons. The van der Waals surface area contributed by atoms with E-state index in [1.54, 1.807) is 0 Å². The predicted octanol–water partition coefficient (Wildman–Crippen LogP) is 18.8. The van der Waals surface area contributed by atoms with Gasteiger partial charge in [0.1, 0.15) is 13.2 Å². The second kappa shape index (κ2) is 55.2. The Labute approximate surface area is 414 Å². The summed E-state index contributed by atoms with van der Waals surface area (Å²) in [5.74, 6) is -0.927. The van der Waals surface area contributed by atoms with Crippen molar-refractivity contribution in [3.8, 4) is 0 Å². The molecule has 0 aliphatic rings. The van der Waals surface area contributed by atoms with E-state index in [1.807, 2.05) is 24.3 Å². The number of allylic oxidation sites excluding steroid dienone is 14. The topological polar surface area (TPSA) is 78.9 Å². The first kappa shape index (κ1) is 63.6. The number of ether oxygens (including phenoxy) is 3. The van der Waals surface area contributed by atoms with E-state index in [0.717, 1.165) is 89.9 Å². The van der Waals surface area contributed by atoms with Crippen LogP contribution in [0.5, 0.6) is 0 Å². The summed E-state index contributed by atoms with van der Waals surface area (Å²) in [6, 6.07) is 0. The molecule has 0 aromatic rings. The Balaban J connectivity index is 4.42. The van der Waals surface area contributed by atoms with Crippen LogP contribution in [0.15, 0.2) is 85.1 Å². The Morgan fingerprint density at radius 1 is 0.299 bits per heavy atom. The molecule has 6 heteroatoms. The van der Waals surface area contributed by atoms with E-state index < -0.39 is 6.10 Å². The third-order valence-electron chi connectivity index (χ3n) is 12.0. The van der Waals surface area contributed by atoms with Crippen molar-refractivity contribution in [3.05, 3.63) is 85.1 Å². The molecular formula is C61H104O6. The average molecular weight is 933 g/mol. The van der Waals surface area contributed by atoms with E-state index in [-0.39, 0.29) is 31.1 Å². The highest BCUT2D eigenvalue weighted by Gasteiger charge is 2.19. The molecule has 0 aliphatic carbocycles. The van der Waals surface area contributed by atoms with Crippen LogP contribution in [0.3, 0.4) is 0 Å². The zero-order valence-electron chi connectivity index (χ0n) is 43.9. The van der Waals surface area contributed by atoms with Crippen LogP contribution in [0.25, 0.3) is 0 Å². The molecule has 0 saturated carbocycles. The van der Waals surface area contributed by atoms with Gasteiger partial charge in [0.15, 0.2) is 6.10 Å². The lowest BCUT2D eigenvalue weighted by molar-refractivity contribution is -0.167. The molecule has 0 fully saturated rings. The molecule has 1 unspecified atom stereocenters. The van der Waals surface area contributed by atoms with Gasteiger partial charge in [0.05, 0.1) is 0 Å². The van der Waals surface area contributed by atoms with E-state index in [9.17, 15) is 14.4 Å². The maximum absolute atomic E-state index is 12.8. The summed E-state index contributed by atoms with van der Waals surface area (Å²) in [4.78, 5) is 38.1. The number of esters is 3. The van der Waals surface area contributed by atoms with Gasteiger partial charge in [-0.25, -0.2) is 0 Å². The Kier molecular flexibility index (Phi) is 52.4. The maximum atomic E-state index is 12.8. The molecule has 0 heterocycles. The monoisotopic (exact) mass is 933 g/mol. The first-order valence-electron chi connectivity index (χ1n) is 28.2. The van der Waals surface area contributed by atoms with Crippen molar-refractivity contribution in [2.45, 2.75) is 271 Å². The second-order valence-corrected chi connectivity index (χ2v) is 18.6. The molecule has 0 spiro atoms. The lowest BCUT2D eigenvalue weighted by Crippen LogP contribution is -2.30. The van der Waals surface area contributed by atoms with Crippen molar-refractivity contribution < 1.29 is 28.6 Å². The highest BCUT2D eigenvalue weighted by molar-refractivity contribution is 5.71. The van der Waals surface area contributed by atoms with Crippen molar-refractivity contribution in [3.63, 3.8) is 0 Å². The van der Waals surface area contributed by atoms with Crippen LogP contribution in [0, 0.1) is 0 Å². The Bertz CT molecular complexity index is 1300. The predicted molar refractivity (Wildman–Crippen MR) is 288 cm³/mol. The molecule has 1 atom stereocenters. The lowest BCUT2D eigenvalue weighted by atomic mass is 10.1. The molecule has 6 nitrogen and oxygen atoms in total. The van der Waals surface area contributed by atoms with Crippen molar-refractivity contribution in [2.75, 3.05) is 13.2 Å². The van der Waals surface area contributed by atoms with Crippen LogP contribution in [-0.4, -0.2) is 37.2 Å². The number of rotatable bonds is 50. The normalized spacial score (nSPS) is 12.7. The molecule has 0 aliphatic heterocycles. The van der Waals surface area contributed by atoms with Gasteiger partial charge in [-0.2, -0.15) is 0 Å². The SMILES string of the molecule is CCC\C=C/C=C\C=C/C=C\C=C/CCCCCCCC(=O)OC(COC(=O)CCCCCCC/C=C\CCCCC)COC(=O)CCCCCCCCC/C=C\CCCCCCCCCC. The van der Waals surface area contributed by atoms with Crippen LogP contribution >= 0.6 is 0 Å². The van der Waals surface area contributed by atoms with E-state index >= 15 is 0 Å². The van der Waals surface area contributed by atoms with Crippen molar-refractivity contribution in [1.29, 1.82) is 0 Å².